The molecule has 0 aliphatic rings. The molecule has 0 heterocycles. The summed E-state index contributed by atoms with van der Waals surface area (Å²) in [7, 11) is 1.70. The molecule has 0 bridgehead atoms. The van der Waals surface area contributed by atoms with Crippen LogP contribution in [0.2, 0.25) is 0 Å². The Morgan fingerprint density at radius 2 is 1.04 bits per heavy atom. The lowest BCUT2D eigenvalue weighted by molar-refractivity contribution is 0.414. The SMILES string of the molecule is COc1ccc(Cc2ccc(Cc3ccccc3)c3ccccc23)cc1. The molecule has 0 unspecified atom stereocenters. The third kappa shape index (κ3) is 3.48. The third-order valence-corrected chi connectivity index (χ3v) is 4.90. The Morgan fingerprint density at radius 3 is 1.58 bits per heavy atom. The van der Waals surface area contributed by atoms with E-state index in [4.69, 9.17) is 4.74 Å². The Kier molecular flexibility index (Phi) is 4.70. The number of rotatable bonds is 5. The summed E-state index contributed by atoms with van der Waals surface area (Å²) < 4.78 is 5.26. The second kappa shape index (κ2) is 7.45. The van der Waals surface area contributed by atoms with E-state index in [2.05, 4.69) is 78.9 Å². The van der Waals surface area contributed by atoms with E-state index in [9.17, 15) is 0 Å². The van der Waals surface area contributed by atoms with Crippen LogP contribution in [0.4, 0.5) is 0 Å². The van der Waals surface area contributed by atoms with Gasteiger partial charge in [-0.1, -0.05) is 78.9 Å². The van der Waals surface area contributed by atoms with Crippen LogP contribution in [0.5, 0.6) is 5.75 Å². The maximum absolute atomic E-state index is 5.26. The van der Waals surface area contributed by atoms with Gasteiger partial charge in [-0.05, 0) is 58.0 Å². The number of hydrogen-bond donors (Lipinski definition) is 0. The number of fused-ring (bicyclic) bond motifs is 1. The van der Waals surface area contributed by atoms with E-state index in [1.54, 1.807) is 7.11 Å². The molecule has 1 heteroatoms. The fourth-order valence-electron chi connectivity index (χ4n) is 3.51. The highest BCUT2D eigenvalue weighted by atomic mass is 16.5. The van der Waals surface area contributed by atoms with Gasteiger partial charge in [0.15, 0.2) is 0 Å². The molecule has 0 saturated heterocycles. The van der Waals surface area contributed by atoms with Crippen molar-refractivity contribution in [2.24, 2.45) is 0 Å². The van der Waals surface area contributed by atoms with Gasteiger partial charge in [0.25, 0.3) is 0 Å². The van der Waals surface area contributed by atoms with Crippen molar-refractivity contribution in [2.45, 2.75) is 12.8 Å². The standard InChI is InChI=1S/C25H22O/c1-26-23-15-11-20(12-16-23)18-22-14-13-21(17-19-7-3-2-4-8-19)24-9-5-6-10-25(22)24/h2-16H,17-18H2,1H3. The van der Waals surface area contributed by atoms with Crippen molar-refractivity contribution in [1.82, 2.24) is 0 Å². The second-order valence-electron chi connectivity index (χ2n) is 6.62. The molecule has 0 radical (unpaired) electrons. The van der Waals surface area contributed by atoms with E-state index in [1.807, 2.05) is 12.1 Å². The Morgan fingerprint density at radius 1 is 0.538 bits per heavy atom. The first kappa shape index (κ1) is 16.4. The van der Waals surface area contributed by atoms with Crippen molar-refractivity contribution in [2.75, 3.05) is 7.11 Å². The monoisotopic (exact) mass is 338 g/mol. The molecule has 0 atom stereocenters. The zero-order valence-electron chi connectivity index (χ0n) is 15.0. The molecule has 4 rings (SSSR count). The van der Waals surface area contributed by atoms with Gasteiger partial charge in [0.2, 0.25) is 0 Å². The smallest absolute Gasteiger partial charge is 0.118 e. The molecule has 0 N–H and O–H groups in total. The highest BCUT2D eigenvalue weighted by Crippen LogP contribution is 2.27. The van der Waals surface area contributed by atoms with Crippen molar-refractivity contribution >= 4 is 10.8 Å². The molecular weight excluding hydrogens is 316 g/mol. The van der Waals surface area contributed by atoms with Crippen LogP contribution in [0.3, 0.4) is 0 Å². The number of benzene rings is 4. The van der Waals surface area contributed by atoms with Gasteiger partial charge in [0.1, 0.15) is 5.75 Å². The molecule has 4 aromatic rings. The molecule has 1 nitrogen and oxygen atoms in total. The van der Waals surface area contributed by atoms with Crippen LogP contribution < -0.4 is 4.74 Å². The van der Waals surface area contributed by atoms with Gasteiger partial charge in [0.05, 0.1) is 7.11 Å². The lowest BCUT2D eigenvalue weighted by atomic mass is 9.93. The van der Waals surface area contributed by atoms with Gasteiger partial charge in [0, 0.05) is 0 Å². The van der Waals surface area contributed by atoms with E-state index in [0.717, 1.165) is 18.6 Å². The molecule has 26 heavy (non-hydrogen) atoms. The van der Waals surface area contributed by atoms with E-state index < -0.39 is 0 Å². The molecule has 0 aliphatic carbocycles. The van der Waals surface area contributed by atoms with Gasteiger partial charge in [-0.15, -0.1) is 0 Å². The second-order valence-corrected chi connectivity index (χ2v) is 6.62. The quantitative estimate of drug-likeness (QED) is 0.432. The first-order valence-electron chi connectivity index (χ1n) is 9.00. The number of ether oxygens (including phenoxy) is 1. The molecule has 128 valence electrons. The normalized spacial score (nSPS) is 10.8. The Labute approximate surface area is 154 Å². The summed E-state index contributed by atoms with van der Waals surface area (Å²) in [5.41, 5.74) is 5.39. The minimum absolute atomic E-state index is 0.900. The molecular formula is C25H22O. The van der Waals surface area contributed by atoms with Gasteiger partial charge in [-0.25, -0.2) is 0 Å². The van der Waals surface area contributed by atoms with Crippen LogP contribution >= 0.6 is 0 Å². The first-order chi connectivity index (χ1) is 12.8. The molecule has 4 aromatic carbocycles. The van der Waals surface area contributed by atoms with Gasteiger partial charge in [-0.2, -0.15) is 0 Å². The lowest BCUT2D eigenvalue weighted by Crippen LogP contribution is -1.95. The van der Waals surface area contributed by atoms with Gasteiger partial charge in [-0.3, -0.25) is 0 Å². The predicted molar refractivity (Wildman–Crippen MR) is 109 cm³/mol. The van der Waals surface area contributed by atoms with Crippen molar-refractivity contribution < 1.29 is 4.74 Å². The average Bonchev–Trinajstić information content (AvgIpc) is 2.71. The third-order valence-electron chi connectivity index (χ3n) is 4.90. The molecule has 0 aliphatic heterocycles. The van der Waals surface area contributed by atoms with Crippen molar-refractivity contribution in [3.05, 3.63) is 113 Å². The van der Waals surface area contributed by atoms with Crippen molar-refractivity contribution in [3.63, 3.8) is 0 Å². The minimum Gasteiger partial charge on any atom is -0.497 e. The summed E-state index contributed by atoms with van der Waals surface area (Å²) in [5.74, 6) is 0.900. The van der Waals surface area contributed by atoms with Crippen molar-refractivity contribution in [3.8, 4) is 5.75 Å². The first-order valence-corrected chi connectivity index (χ1v) is 9.00. The predicted octanol–water partition coefficient (Wildman–Crippen LogP) is 6.03. The van der Waals surface area contributed by atoms with E-state index >= 15 is 0 Å². The maximum atomic E-state index is 5.26. The summed E-state index contributed by atoms with van der Waals surface area (Å²) >= 11 is 0. The Bertz CT molecular complexity index is 1000. The Balaban J connectivity index is 1.69. The number of hydrogen-bond acceptors (Lipinski definition) is 1. The van der Waals surface area contributed by atoms with Crippen LogP contribution in [-0.2, 0) is 12.8 Å². The average molecular weight is 338 g/mol. The molecule has 0 aromatic heterocycles. The maximum Gasteiger partial charge on any atom is 0.118 e. The van der Waals surface area contributed by atoms with E-state index in [1.165, 1.54) is 33.0 Å². The lowest BCUT2D eigenvalue weighted by Gasteiger charge is -2.12. The van der Waals surface area contributed by atoms with Crippen molar-refractivity contribution in [1.29, 1.82) is 0 Å². The van der Waals surface area contributed by atoms with Gasteiger partial charge < -0.3 is 4.74 Å². The van der Waals surface area contributed by atoms with E-state index in [0.29, 0.717) is 0 Å². The van der Waals surface area contributed by atoms with Crippen LogP contribution in [0, 0.1) is 0 Å². The molecule has 0 spiro atoms. The number of methoxy groups -OCH3 is 1. The summed E-state index contributed by atoms with van der Waals surface area (Å²) in [6.07, 6.45) is 1.89. The largest absolute Gasteiger partial charge is 0.497 e. The minimum atomic E-state index is 0.900. The summed E-state index contributed by atoms with van der Waals surface area (Å²) in [6, 6.07) is 32.3. The topological polar surface area (TPSA) is 9.23 Å². The van der Waals surface area contributed by atoms with E-state index in [-0.39, 0.29) is 0 Å². The summed E-state index contributed by atoms with van der Waals surface area (Å²) in [5, 5.41) is 2.69. The fourth-order valence-corrected chi connectivity index (χ4v) is 3.51. The van der Waals surface area contributed by atoms with Crippen LogP contribution in [0.15, 0.2) is 91.0 Å². The highest BCUT2D eigenvalue weighted by Gasteiger charge is 2.07. The van der Waals surface area contributed by atoms with Gasteiger partial charge >= 0.3 is 0 Å². The van der Waals surface area contributed by atoms with Crippen LogP contribution in [-0.4, -0.2) is 7.11 Å². The highest BCUT2D eigenvalue weighted by molar-refractivity contribution is 5.89. The summed E-state index contributed by atoms with van der Waals surface area (Å²) in [6.45, 7) is 0. The van der Waals surface area contributed by atoms with Crippen LogP contribution in [0.1, 0.15) is 22.3 Å². The zero-order valence-corrected chi connectivity index (χ0v) is 15.0. The fraction of sp³-hybridized carbons (Fsp3) is 0.120. The summed E-state index contributed by atoms with van der Waals surface area (Å²) in [4.78, 5) is 0. The molecule has 0 amide bonds. The zero-order chi connectivity index (χ0) is 17.8. The Hall–Kier alpha value is -3.06. The van der Waals surface area contributed by atoms with Crippen LogP contribution in [0.25, 0.3) is 10.8 Å². The molecule has 0 fully saturated rings. The molecule has 0 saturated carbocycles.